The Morgan fingerprint density at radius 1 is 1.39 bits per heavy atom. The second-order valence-corrected chi connectivity index (χ2v) is 4.71. The van der Waals surface area contributed by atoms with Crippen LogP contribution in [0.15, 0.2) is 41.0 Å². The number of benzene rings is 1. The lowest BCUT2D eigenvalue weighted by Gasteiger charge is -2.13. The molecule has 4 heteroatoms. The lowest BCUT2D eigenvalue weighted by Crippen LogP contribution is -2.27. The summed E-state index contributed by atoms with van der Waals surface area (Å²) in [4.78, 5) is 0. The van der Waals surface area contributed by atoms with E-state index < -0.39 is 0 Å². The molecule has 2 rings (SSSR count). The van der Waals surface area contributed by atoms with Gasteiger partial charge in [-0.3, -0.25) is 0 Å². The van der Waals surface area contributed by atoms with Crippen molar-refractivity contribution in [1.29, 1.82) is 0 Å². The highest BCUT2D eigenvalue weighted by Crippen LogP contribution is 2.17. The molecule has 1 aromatic carbocycles. The van der Waals surface area contributed by atoms with Crippen molar-refractivity contribution in [3.05, 3.63) is 58.8 Å². The molecule has 0 saturated carbocycles. The highest BCUT2D eigenvalue weighted by Gasteiger charge is 2.07. The van der Waals surface area contributed by atoms with Gasteiger partial charge in [0, 0.05) is 24.0 Å². The fraction of sp³-hybridized carbons (Fsp3) is 0.286. The Labute approximate surface area is 111 Å². The van der Waals surface area contributed by atoms with Crippen LogP contribution in [0.3, 0.4) is 0 Å². The Balaban J connectivity index is 1.89. The average Bonchev–Trinajstić information content (AvgIpc) is 2.83. The topological polar surface area (TPSA) is 25.2 Å². The zero-order chi connectivity index (χ0) is 13.0. The van der Waals surface area contributed by atoms with Crippen molar-refractivity contribution >= 4 is 11.6 Å². The molecule has 2 aromatic rings. The number of hydrogen-bond acceptors (Lipinski definition) is 2. The molecule has 0 saturated heterocycles. The van der Waals surface area contributed by atoms with Gasteiger partial charge in [0.05, 0.1) is 6.26 Å². The van der Waals surface area contributed by atoms with Crippen molar-refractivity contribution in [3.8, 4) is 0 Å². The van der Waals surface area contributed by atoms with E-state index in [1.807, 2.05) is 12.1 Å². The maximum Gasteiger partial charge on any atom is 0.123 e. The molecule has 1 heterocycles. The van der Waals surface area contributed by atoms with E-state index in [-0.39, 0.29) is 11.9 Å². The summed E-state index contributed by atoms with van der Waals surface area (Å²) in [6.45, 7) is 2.59. The monoisotopic (exact) mass is 267 g/mol. The van der Waals surface area contributed by atoms with Crippen LogP contribution < -0.4 is 5.32 Å². The normalized spacial score (nSPS) is 12.6. The zero-order valence-electron chi connectivity index (χ0n) is 10.1. The third kappa shape index (κ3) is 3.59. The lowest BCUT2D eigenvalue weighted by molar-refractivity contribution is 0.456. The molecule has 1 N–H and O–H groups in total. The number of furan rings is 1. The Bertz CT molecular complexity index is 499. The molecule has 0 aliphatic carbocycles. The van der Waals surface area contributed by atoms with Crippen molar-refractivity contribution in [2.24, 2.45) is 0 Å². The van der Waals surface area contributed by atoms with Crippen molar-refractivity contribution in [1.82, 2.24) is 5.32 Å². The Kier molecular flexibility index (Phi) is 4.39. The summed E-state index contributed by atoms with van der Waals surface area (Å²) in [7, 11) is 0. The summed E-state index contributed by atoms with van der Waals surface area (Å²) < 4.78 is 18.3. The number of hydrogen-bond donors (Lipinski definition) is 1. The molecule has 1 unspecified atom stereocenters. The molecule has 2 nitrogen and oxygen atoms in total. The van der Waals surface area contributed by atoms with E-state index in [1.165, 1.54) is 12.1 Å². The fourth-order valence-electron chi connectivity index (χ4n) is 1.77. The van der Waals surface area contributed by atoms with E-state index in [1.54, 1.807) is 12.3 Å². The van der Waals surface area contributed by atoms with Crippen molar-refractivity contribution < 1.29 is 8.81 Å². The summed E-state index contributed by atoms with van der Waals surface area (Å²) in [6.07, 6.45) is 2.45. The molecular formula is C14H15ClFNO. The molecule has 1 aromatic heterocycles. The molecule has 0 spiro atoms. The van der Waals surface area contributed by atoms with Crippen LogP contribution in [0.2, 0.25) is 5.02 Å². The zero-order valence-corrected chi connectivity index (χ0v) is 10.9. The summed E-state index contributed by atoms with van der Waals surface area (Å²) in [5.74, 6) is 0.662. The van der Waals surface area contributed by atoms with Crippen LogP contribution in [0.25, 0.3) is 0 Å². The summed E-state index contributed by atoms with van der Waals surface area (Å²) in [6, 6.07) is 8.42. The van der Waals surface area contributed by atoms with Crippen LogP contribution in [0, 0.1) is 5.82 Å². The second kappa shape index (κ2) is 6.03. The van der Waals surface area contributed by atoms with E-state index in [2.05, 4.69) is 12.2 Å². The third-order valence-electron chi connectivity index (χ3n) is 2.74. The van der Waals surface area contributed by atoms with Gasteiger partial charge < -0.3 is 9.73 Å². The van der Waals surface area contributed by atoms with Gasteiger partial charge in [0.25, 0.3) is 0 Å². The fourth-order valence-corrected chi connectivity index (χ4v) is 1.95. The first kappa shape index (κ1) is 13.1. The Morgan fingerprint density at radius 2 is 2.22 bits per heavy atom. The largest absolute Gasteiger partial charge is 0.469 e. The van der Waals surface area contributed by atoms with Crippen LogP contribution in [0.4, 0.5) is 4.39 Å². The van der Waals surface area contributed by atoms with Gasteiger partial charge in [-0.1, -0.05) is 11.6 Å². The molecule has 0 aliphatic heterocycles. The van der Waals surface area contributed by atoms with E-state index in [4.69, 9.17) is 16.0 Å². The smallest absolute Gasteiger partial charge is 0.123 e. The van der Waals surface area contributed by atoms with E-state index in [0.29, 0.717) is 11.6 Å². The number of rotatable bonds is 5. The minimum absolute atomic E-state index is 0.232. The summed E-state index contributed by atoms with van der Waals surface area (Å²) in [5, 5.41) is 3.87. The maximum atomic E-state index is 13.1. The van der Waals surface area contributed by atoms with Crippen LogP contribution >= 0.6 is 11.6 Å². The van der Waals surface area contributed by atoms with E-state index in [0.717, 1.165) is 17.7 Å². The number of halogens is 2. The van der Waals surface area contributed by atoms with Crippen LogP contribution in [-0.2, 0) is 13.0 Å². The van der Waals surface area contributed by atoms with Gasteiger partial charge in [-0.05, 0) is 42.8 Å². The Hall–Kier alpha value is -1.32. The first-order chi connectivity index (χ1) is 8.65. The molecule has 0 fully saturated rings. The van der Waals surface area contributed by atoms with Gasteiger partial charge in [-0.2, -0.15) is 0 Å². The third-order valence-corrected chi connectivity index (χ3v) is 3.10. The first-order valence-electron chi connectivity index (χ1n) is 5.85. The van der Waals surface area contributed by atoms with Crippen molar-refractivity contribution in [2.75, 3.05) is 0 Å². The van der Waals surface area contributed by atoms with Crippen LogP contribution in [0.1, 0.15) is 18.2 Å². The van der Waals surface area contributed by atoms with Gasteiger partial charge in [-0.15, -0.1) is 0 Å². The van der Waals surface area contributed by atoms with E-state index in [9.17, 15) is 4.39 Å². The molecule has 0 amide bonds. The Morgan fingerprint density at radius 3 is 2.94 bits per heavy atom. The predicted molar refractivity (Wildman–Crippen MR) is 70.1 cm³/mol. The molecule has 18 heavy (non-hydrogen) atoms. The minimum Gasteiger partial charge on any atom is -0.469 e. The molecule has 1 atom stereocenters. The van der Waals surface area contributed by atoms with Gasteiger partial charge in [0.1, 0.15) is 11.6 Å². The van der Waals surface area contributed by atoms with Crippen LogP contribution in [-0.4, -0.2) is 6.04 Å². The van der Waals surface area contributed by atoms with Gasteiger partial charge in [0.15, 0.2) is 0 Å². The lowest BCUT2D eigenvalue weighted by atomic mass is 10.1. The van der Waals surface area contributed by atoms with Gasteiger partial charge in [0.2, 0.25) is 0 Å². The molecular weight excluding hydrogens is 253 g/mol. The van der Waals surface area contributed by atoms with E-state index >= 15 is 0 Å². The molecule has 96 valence electrons. The maximum absolute atomic E-state index is 13.1. The molecule has 0 bridgehead atoms. The molecule has 0 radical (unpaired) electrons. The predicted octanol–water partition coefficient (Wildman–Crippen LogP) is 3.79. The second-order valence-electron chi connectivity index (χ2n) is 4.30. The SMILES string of the molecule is CC(Cc1ccco1)NCc1cc(F)ccc1Cl. The van der Waals surface area contributed by atoms with Crippen molar-refractivity contribution in [2.45, 2.75) is 25.9 Å². The van der Waals surface area contributed by atoms with Gasteiger partial charge in [-0.25, -0.2) is 4.39 Å². The quantitative estimate of drug-likeness (QED) is 0.892. The molecule has 0 aliphatic rings. The summed E-state index contributed by atoms with van der Waals surface area (Å²) in [5.41, 5.74) is 0.767. The summed E-state index contributed by atoms with van der Waals surface area (Å²) >= 11 is 6.00. The van der Waals surface area contributed by atoms with Gasteiger partial charge >= 0.3 is 0 Å². The highest BCUT2D eigenvalue weighted by molar-refractivity contribution is 6.31. The standard InChI is InChI=1S/C14H15ClFNO/c1-10(7-13-3-2-6-18-13)17-9-11-8-12(16)4-5-14(11)15/h2-6,8,10,17H,7,9H2,1H3. The van der Waals surface area contributed by atoms with Crippen molar-refractivity contribution in [3.63, 3.8) is 0 Å². The first-order valence-corrected chi connectivity index (χ1v) is 6.22. The highest BCUT2D eigenvalue weighted by atomic mass is 35.5. The van der Waals surface area contributed by atoms with Crippen LogP contribution in [0.5, 0.6) is 0 Å². The average molecular weight is 268 g/mol. The number of nitrogens with one attached hydrogen (secondary N) is 1. The minimum atomic E-state index is -0.269.